The topological polar surface area (TPSA) is 89.9 Å². The molecule has 0 bridgehead atoms. The molecule has 6 nitrogen and oxygen atoms in total. The number of hydrogen-bond donors (Lipinski definition) is 3. The molecule has 0 radical (unpaired) electrons. The fraction of sp³-hybridized carbons (Fsp3) is 0.778. The summed E-state index contributed by atoms with van der Waals surface area (Å²) in [6.45, 7) is 3.02. The fourth-order valence-electron chi connectivity index (χ4n) is 1.71. The van der Waals surface area contributed by atoms with Gasteiger partial charge in [0.05, 0.1) is 18.6 Å². The van der Waals surface area contributed by atoms with E-state index in [0.29, 0.717) is 19.6 Å². The van der Waals surface area contributed by atoms with Crippen molar-refractivity contribution in [1.29, 1.82) is 0 Å². The van der Waals surface area contributed by atoms with Crippen molar-refractivity contribution < 1.29 is 19.8 Å². The van der Waals surface area contributed by atoms with Crippen LogP contribution >= 0.6 is 0 Å². The molecule has 2 unspecified atom stereocenters. The Morgan fingerprint density at radius 2 is 2.40 bits per heavy atom. The summed E-state index contributed by atoms with van der Waals surface area (Å²) in [6, 6.07) is -0.661. The Kier molecular flexibility index (Phi) is 4.05. The van der Waals surface area contributed by atoms with E-state index >= 15 is 0 Å². The molecule has 1 fully saturated rings. The largest absolute Gasteiger partial charge is 0.481 e. The number of carboxylic acids is 1. The maximum Gasteiger partial charge on any atom is 0.305 e. The minimum absolute atomic E-state index is 0.224. The van der Waals surface area contributed by atoms with E-state index in [1.807, 2.05) is 0 Å². The van der Waals surface area contributed by atoms with Crippen LogP contribution in [-0.4, -0.2) is 58.8 Å². The van der Waals surface area contributed by atoms with E-state index in [9.17, 15) is 14.7 Å². The first-order chi connectivity index (χ1) is 7.00. The molecular formula is C9H16N2O4. The molecule has 1 aliphatic heterocycles. The highest BCUT2D eigenvalue weighted by molar-refractivity contribution is 5.86. The quantitative estimate of drug-likeness (QED) is 0.540. The smallest absolute Gasteiger partial charge is 0.305 e. The number of carbonyl (C=O) groups excluding carboxylic acids is 1. The second-order valence-electron chi connectivity index (χ2n) is 3.75. The molecular weight excluding hydrogens is 200 g/mol. The van der Waals surface area contributed by atoms with Crippen molar-refractivity contribution in [3.8, 4) is 0 Å². The summed E-state index contributed by atoms with van der Waals surface area (Å²) in [7, 11) is 0. The van der Waals surface area contributed by atoms with Crippen LogP contribution in [0.5, 0.6) is 0 Å². The van der Waals surface area contributed by atoms with Crippen LogP contribution in [0, 0.1) is 0 Å². The maximum absolute atomic E-state index is 11.4. The second kappa shape index (κ2) is 5.09. The standard InChI is InChI=1S/C9H16N2O4/c1-6(12)5-11-3-2-10-9(15)7(11)4-8(13)14/h6-7,12H,2-5H2,1H3,(H,10,15)(H,13,14). The Bertz CT molecular complexity index is 254. The van der Waals surface area contributed by atoms with Gasteiger partial charge in [0.1, 0.15) is 0 Å². The van der Waals surface area contributed by atoms with Gasteiger partial charge in [-0.1, -0.05) is 0 Å². The molecule has 1 heterocycles. The van der Waals surface area contributed by atoms with Gasteiger partial charge in [-0.25, -0.2) is 0 Å². The Balaban J connectivity index is 2.63. The summed E-state index contributed by atoms with van der Waals surface area (Å²) in [6.07, 6.45) is -0.786. The van der Waals surface area contributed by atoms with E-state index in [0.717, 1.165) is 0 Å². The van der Waals surface area contributed by atoms with Crippen molar-refractivity contribution in [1.82, 2.24) is 10.2 Å². The van der Waals surface area contributed by atoms with Crippen molar-refractivity contribution in [2.75, 3.05) is 19.6 Å². The molecule has 0 spiro atoms. The molecule has 1 aliphatic rings. The molecule has 0 saturated carbocycles. The molecule has 1 rings (SSSR count). The van der Waals surface area contributed by atoms with Gasteiger partial charge in [0, 0.05) is 19.6 Å². The van der Waals surface area contributed by atoms with Crippen LogP contribution in [0.15, 0.2) is 0 Å². The number of nitrogens with one attached hydrogen (secondary N) is 1. The highest BCUT2D eigenvalue weighted by atomic mass is 16.4. The molecule has 6 heteroatoms. The predicted molar refractivity (Wildman–Crippen MR) is 52.3 cm³/mol. The molecule has 15 heavy (non-hydrogen) atoms. The van der Waals surface area contributed by atoms with Crippen molar-refractivity contribution in [3.05, 3.63) is 0 Å². The first-order valence-electron chi connectivity index (χ1n) is 4.92. The van der Waals surface area contributed by atoms with E-state index < -0.39 is 18.1 Å². The van der Waals surface area contributed by atoms with Gasteiger partial charge in [0.15, 0.2) is 0 Å². The van der Waals surface area contributed by atoms with Gasteiger partial charge < -0.3 is 15.5 Å². The zero-order valence-electron chi connectivity index (χ0n) is 8.64. The third-order valence-corrected chi connectivity index (χ3v) is 2.31. The number of piperazine rings is 1. The highest BCUT2D eigenvalue weighted by Gasteiger charge is 2.31. The minimum atomic E-state index is -1.01. The molecule has 1 saturated heterocycles. The SMILES string of the molecule is CC(O)CN1CCNC(=O)C1CC(=O)O. The molecule has 3 N–H and O–H groups in total. The van der Waals surface area contributed by atoms with E-state index in [-0.39, 0.29) is 12.3 Å². The number of aliphatic hydroxyl groups excluding tert-OH is 1. The van der Waals surface area contributed by atoms with Crippen LogP contribution < -0.4 is 5.32 Å². The van der Waals surface area contributed by atoms with Gasteiger partial charge in [0.25, 0.3) is 0 Å². The van der Waals surface area contributed by atoms with Gasteiger partial charge in [0.2, 0.25) is 5.91 Å². The van der Waals surface area contributed by atoms with Crippen LogP contribution in [0.3, 0.4) is 0 Å². The summed E-state index contributed by atoms with van der Waals surface area (Å²) in [5.74, 6) is -1.28. The number of carbonyl (C=O) groups is 2. The zero-order chi connectivity index (χ0) is 11.4. The maximum atomic E-state index is 11.4. The summed E-state index contributed by atoms with van der Waals surface area (Å²) in [4.78, 5) is 23.7. The molecule has 0 aromatic rings. The molecule has 0 aliphatic carbocycles. The molecule has 0 aromatic carbocycles. The van der Waals surface area contributed by atoms with Crippen LogP contribution in [0.2, 0.25) is 0 Å². The van der Waals surface area contributed by atoms with Gasteiger partial charge in [-0.15, -0.1) is 0 Å². The Hall–Kier alpha value is -1.14. The second-order valence-corrected chi connectivity index (χ2v) is 3.75. The Morgan fingerprint density at radius 3 is 2.93 bits per heavy atom. The summed E-state index contributed by atoms with van der Waals surface area (Å²) in [5.41, 5.74) is 0. The van der Waals surface area contributed by atoms with E-state index in [1.54, 1.807) is 11.8 Å². The lowest BCUT2D eigenvalue weighted by molar-refractivity contribution is -0.143. The Morgan fingerprint density at radius 1 is 1.73 bits per heavy atom. The number of aliphatic hydroxyl groups is 1. The lowest BCUT2D eigenvalue weighted by atomic mass is 10.1. The predicted octanol–water partition coefficient (Wildman–Crippen LogP) is -1.36. The van der Waals surface area contributed by atoms with Crippen LogP contribution in [0.4, 0.5) is 0 Å². The minimum Gasteiger partial charge on any atom is -0.481 e. The molecule has 2 atom stereocenters. The average molecular weight is 216 g/mol. The van der Waals surface area contributed by atoms with Crippen LogP contribution in [0.1, 0.15) is 13.3 Å². The number of amides is 1. The monoisotopic (exact) mass is 216 g/mol. The number of β-amino-alcohol motifs (C(OH)–C–C–N with tert-alkyl or cyclic N) is 1. The third kappa shape index (κ3) is 3.49. The fourth-order valence-corrected chi connectivity index (χ4v) is 1.71. The van der Waals surface area contributed by atoms with Crippen molar-refractivity contribution in [3.63, 3.8) is 0 Å². The number of nitrogens with zero attached hydrogens (tertiary/aromatic N) is 1. The number of hydrogen-bond acceptors (Lipinski definition) is 4. The van der Waals surface area contributed by atoms with E-state index in [4.69, 9.17) is 5.11 Å². The first kappa shape index (κ1) is 11.9. The van der Waals surface area contributed by atoms with Gasteiger partial charge in [-0.2, -0.15) is 0 Å². The lowest BCUT2D eigenvalue weighted by Gasteiger charge is -2.34. The van der Waals surface area contributed by atoms with E-state index in [1.165, 1.54) is 0 Å². The van der Waals surface area contributed by atoms with Crippen LogP contribution in [-0.2, 0) is 9.59 Å². The van der Waals surface area contributed by atoms with Crippen molar-refractivity contribution in [2.24, 2.45) is 0 Å². The summed E-state index contributed by atoms with van der Waals surface area (Å²) < 4.78 is 0. The van der Waals surface area contributed by atoms with Gasteiger partial charge in [-0.05, 0) is 6.92 Å². The zero-order valence-corrected chi connectivity index (χ0v) is 8.64. The lowest BCUT2D eigenvalue weighted by Crippen LogP contribution is -2.57. The van der Waals surface area contributed by atoms with Crippen LogP contribution in [0.25, 0.3) is 0 Å². The highest BCUT2D eigenvalue weighted by Crippen LogP contribution is 2.09. The third-order valence-electron chi connectivity index (χ3n) is 2.31. The van der Waals surface area contributed by atoms with Gasteiger partial charge >= 0.3 is 5.97 Å². The van der Waals surface area contributed by atoms with E-state index in [2.05, 4.69) is 5.32 Å². The first-order valence-corrected chi connectivity index (χ1v) is 4.92. The summed E-state index contributed by atoms with van der Waals surface area (Å²) in [5, 5.41) is 20.5. The van der Waals surface area contributed by atoms with Gasteiger partial charge in [-0.3, -0.25) is 14.5 Å². The molecule has 86 valence electrons. The average Bonchev–Trinajstić information content (AvgIpc) is 2.09. The van der Waals surface area contributed by atoms with Crippen molar-refractivity contribution in [2.45, 2.75) is 25.5 Å². The Labute approximate surface area is 87.9 Å². The summed E-state index contributed by atoms with van der Waals surface area (Å²) >= 11 is 0. The molecule has 1 amide bonds. The normalized spacial score (nSPS) is 24.7. The number of carboxylic acid groups (broad SMARTS) is 1. The molecule has 0 aromatic heterocycles. The number of aliphatic carboxylic acids is 1. The number of rotatable bonds is 4. The van der Waals surface area contributed by atoms with Crippen molar-refractivity contribution >= 4 is 11.9 Å².